The van der Waals surface area contributed by atoms with Gasteiger partial charge in [-0.25, -0.2) is 9.98 Å². The Bertz CT molecular complexity index is 536. The van der Waals surface area contributed by atoms with Crippen LogP contribution in [0.15, 0.2) is 34.7 Å². The third kappa shape index (κ3) is 4.36. The first-order valence-electron chi connectivity index (χ1n) is 4.89. The Morgan fingerprint density at radius 1 is 1.47 bits per heavy atom. The van der Waals surface area contributed by atoms with E-state index in [1.807, 2.05) is 0 Å². The number of pyridine rings is 1. The van der Waals surface area contributed by atoms with Crippen LogP contribution in [0.1, 0.15) is 6.92 Å². The number of carbonyl (C=O) groups excluding carboxylic acids is 1. The summed E-state index contributed by atoms with van der Waals surface area (Å²) in [6.45, 7) is 0.888. The Hall–Kier alpha value is -1.89. The lowest BCUT2D eigenvalue weighted by Gasteiger charge is -2.07. The molecule has 8 heteroatoms. The van der Waals surface area contributed by atoms with Crippen molar-refractivity contribution in [3.63, 3.8) is 0 Å². The van der Waals surface area contributed by atoms with Gasteiger partial charge in [-0.3, -0.25) is 4.79 Å². The molecular formula is C11H8ClF3N2O2. The Kier molecular flexibility index (Phi) is 4.66. The van der Waals surface area contributed by atoms with Crippen molar-refractivity contribution in [1.82, 2.24) is 4.98 Å². The van der Waals surface area contributed by atoms with Gasteiger partial charge in [-0.2, -0.15) is 13.2 Å². The van der Waals surface area contributed by atoms with Gasteiger partial charge in [-0.15, -0.1) is 0 Å². The van der Waals surface area contributed by atoms with Crippen LogP contribution in [-0.4, -0.2) is 28.3 Å². The second kappa shape index (κ2) is 5.83. The predicted octanol–water partition coefficient (Wildman–Crippen LogP) is 3.40. The molecule has 0 atom stereocenters. The molecule has 1 aromatic rings. The van der Waals surface area contributed by atoms with Crippen LogP contribution in [0.5, 0.6) is 0 Å². The fraction of sp³-hybridized carbons (Fsp3) is 0.182. The Balaban J connectivity index is 3.11. The third-order valence-corrected chi connectivity index (χ3v) is 2.16. The molecule has 0 unspecified atom stereocenters. The molecule has 0 aliphatic carbocycles. The topological polar surface area (TPSA) is 62.5 Å². The van der Waals surface area contributed by atoms with Gasteiger partial charge in [0.05, 0.1) is 10.6 Å². The normalized spacial score (nSPS) is 13.5. The van der Waals surface area contributed by atoms with Gasteiger partial charge >= 0.3 is 6.18 Å². The van der Waals surface area contributed by atoms with E-state index >= 15 is 0 Å². The summed E-state index contributed by atoms with van der Waals surface area (Å²) < 4.78 is 36.9. The van der Waals surface area contributed by atoms with Crippen molar-refractivity contribution >= 4 is 29.4 Å². The molecule has 0 aliphatic rings. The fourth-order valence-electron chi connectivity index (χ4n) is 1.05. The van der Waals surface area contributed by atoms with E-state index in [1.54, 1.807) is 0 Å². The van der Waals surface area contributed by atoms with Crippen molar-refractivity contribution in [2.45, 2.75) is 13.1 Å². The summed E-state index contributed by atoms with van der Waals surface area (Å²) in [6, 6.07) is 2.78. The van der Waals surface area contributed by atoms with Gasteiger partial charge in [0, 0.05) is 12.4 Å². The van der Waals surface area contributed by atoms with E-state index in [0.717, 1.165) is 6.92 Å². The van der Waals surface area contributed by atoms with Crippen molar-refractivity contribution in [2.75, 3.05) is 0 Å². The van der Waals surface area contributed by atoms with E-state index < -0.39 is 23.3 Å². The maximum Gasteiger partial charge on any atom is 0.449 e. The molecule has 0 amide bonds. The Morgan fingerprint density at radius 3 is 2.53 bits per heavy atom. The van der Waals surface area contributed by atoms with Crippen LogP contribution in [-0.2, 0) is 4.79 Å². The zero-order chi connectivity index (χ0) is 14.6. The maximum absolute atomic E-state index is 12.3. The number of allylic oxidation sites excluding steroid dienone is 2. The molecule has 1 heterocycles. The fourth-order valence-corrected chi connectivity index (χ4v) is 1.16. The van der Waals surface area contributed by atoms with Crippen molar-refractivity contribution in [2.24, 2.45) is 4.99 Å². The van der Waals surface area contributed by atoms with E-state index in [0.29, 0.717) is 11.2 Å². The summed E-state index contributed by atoms with van der Waals surface area (Å²) >= 11 is 5.57. The second-order valence-electron chi connectivity index (χ2n) is 3.41. The first kappa shape index (κ1) is 15.2. The second-order valence-corrected chi connectivity index (χ2v) is 3.85. The lowest BCUT2D eigenvalue weighted by atomic mass is 10.1. The number of ketones is 1. The van der Waals surface area contributed by atoms with Crippen LogP contribution in [0.2, 0.25) is 5.02 Å². The molecule has 1 aromatic heterocycles. The van der Waals surface area contributed by atoms with Gasteiger partial charge in [0.2, 0.25) is 5.76 Å². The summed E-state index contributed by atoms with van der Waals surface area (Å²) in [6.07, 6.45) is -3.16. The van der Waals surface area contributed by atoms with E-state index in [-0.39, 0.29) is 5.82 Å². The van der Waals surface area contributed by atoms with Gasteiger partial charge in [0.25, 0.3) is 0 Å². The number of hydrogen-bond donors (Lipinski definition) is 1. The van der Waals surface area contributed by atoms with Crippen LogP contribution < -0.4 is 0 Å². The van der Waals surface area contributed by atoms with Crippen LogP contribution in [0.25, 0.3) is 0 Å². The average molecular weight is 293 g/mol. The molecule has 0 fully saturated rings. The van der Waals surface area contributed by atoms with Crippen LogP contribution in [0.4, 0.5) is 19.0 Å². The van der Waals surface area contributed by atoms with E-state index in [1.165, 1.54) is 18.3 Å². The van der Waals surface area contributed by atoms with Gasteiger partial charge in [0.1, 0.15) is 0 Å². The minimum Gasteiger partial charge on any atom is -0.504 e. The molecule has 0 spiro atoms. The first-order valence-corrected chi connectivity index (χ1v) is 5.26. The highest BCUT2D eigenvalue weighted by molar-refractivity contribution is 6.30. The van der Waals surface area contributed by atoms with Crippen LogP contribution in [0, 0.1) is 0 Å². The monoisotopic (exact) mass is 292 g/mol. The van der Waals surface area contributed by atoms with Gasteiger partial charge in [-0.1, -0.05) is 11.6 Å². The predicted molar refractivity (Wildman–Crippen MR) is 63.8 cm³/mol. The average Bonchev–Trinajstić information content (AvgIpc) is 2.30. The molecular weight excluding hydrogens is 285 g/mol. The number of halogens is 4. The molecule has 4 nitrogen and oxygen atoms in total. The summed E-state index contributed by atoms with van der Waals surface area (Å²) in [5.74, 6) is -2.90. The number of carbonyl (C=O) groups is 1. The van der Waals surface area contributed by atoms with E-state index in [2.05, 4.69) is 9.98 Å². The Morgan fingerprint density at radius 2 is 2.11 bits per heavy atom. The molecule has 0 bridgehead atoms. The lowest BCUT2D eigenvalue weighted by molar-refractivity contribution is -0.125. The van der Waals surface area contributed by atoms with Gasteiger partial charge < -0.3 is 5.11 Å². The standard InChI is InChI=1S/C11H8ClF3N2O2/c1-6(18)8(10(19)11(13,14)15)5-17-9-3-2-7(12)4-16-9/h2-5,19H,1H3. The number of rotatable bonds is 3. The van der Waals surface area contributed by atoms with Crippen molar-refractivity contribution < 1.29 is 23.1 Å². The summed E-state index contributed by atoms with van der Waals surface area (Å²) in [5, 5.41) is 9.27. The highest BCUT2D eigenvalue weighted by Crippen LogP contribution is 2.26. The van der Waals surface area contributed by atoms with Crippen molar-refractivity contribution in [3.05, 3.63) is 34.7 Å². The molecule has 0 aromatic carbocycles. The molecule has 0 saturated heterocycles. The number of Topliss-reactive ketones (excluding diaryl/α,β-unsaturated/α-hetero) is 1. The number of aromatic nitrogens is 1. The molecule has 0 radical (unpaired) electrons. The molecule has 19 heavy (non-hydrogen) atoms. The summed E-state index contributed by atoms with van der Waals surface area (Å²) in [5.41, 5.74) is -0.941. The summed E-state index contributed by atoms with van der Waals surface area (Å²) in [4.78, 5) is 18.3. The molecule has 1 rings (SSSR count). The smallest absolute Gasteiger partial charge is 0.449 e. The quantitative estimate of drug-likeness (QED) is 0.527. The zero-order valence-corrected chi connectivity index (χ0v) is 10.3. The van der Waals surface area contributed by atoms with Crippen LogP contribution >= 0.6 is 11.6 Å². The van der Waals surface area contributed by atoms with Crippen LogP contribution in [0.3, 0.4) is 0 Å². The largest absolute Gasteiger partial charge is 0.504 e. The Labute approximate surface area is 111 Å². The number of alkyl halides is 3. The number of aliphatic imine (C=N–C) groups is 1. The molecule has 102 valence electrons. The molecule has 1 N–H and O–H groups in total. The lowest BCUT2D eigenvalue weighted by Crippen LogP contribution is -2.17. The summed E-state index contributed by atoms with van der Waals surface area (Å²) in [7, 11) is 0. The van der Waals surface area contributed by atoms with Crippen molar-refractivity contribution in [1.29, 1.82) is 0 Å². The SMILES string of the molecule is CC(=O)C(C=Nc1ccc(Cl)cn1)=C(O)C(F)(F)F. The zero-order valence-electron chi connectivity index (χ0n) is 9.57. The number of aliphatic hydroxyl groups is 1. The van der Waals surface area contributed by atoms with E-state index in [9.17, 15) is 18.0 Å². The van der Waals surface area contributed by atoms with E-state index in [4.69, 9.17) is 16.7 Å². The number of hydrogen-bond acceptors (Lipinski definition) is 4. The minimum absolute atomic E-state index is 0.0538. The maximum atomic E-state index is 12.3. The number of nitrogens with zero attached hydrogens (tertiary/aromatic N) is 2. The minimum atomic E-state index is -5.01. The molecule has 0 saturated carbocycles. The van der Waals surface area contributed by atoms with Gasteiger partial charge in [-0.05, 0) is 19.1 Å². The third-order valence-electron chi connectivity index (χ3n) is 1.94. The highest BCUT2D eigenvalue weighted by Gasteiger charge is 2.37. The highest BCUT2D eigenvalue weighted by atomic mass is 35.5. The molecule has 0 aliphatic heterocycles. The van der Waals surface area contributed by atoms with Gasteiger partial charge in [0.15, 0.2) is 11.6 Å². The first-order chi connectivity index (χ1) is 8.71. The number of aliphatic hydroxyl groups excluding tert-OH is 1. The van der Waals surface area contributed by atoms with Crippen molar-refractivity contribution in [3.8, 4) is 0 Å².